The van der Waals surface area contributed by atoms with Gasteiger partial charge in [-0.1, -0.05) is 29.5 Å². The van der Waals surface area contributed by atoms with E-state index in [2.05, 4.69) is 13.0 Å². The number of ketones is 1. The highest BCUT2D eigenvalue weighted by Crippen LogP contribution is 2.30. The van der Waals surface area contributed by atoms with E-state index >= 15 is 0 Å². The van der Waals surface area contributed by atoms with Crippen molar-refractivity contribution in [3.8, 4) is 0 Å². The summed E-state index contributed by atoms with van der Waals surface area (Å²) in [5.74, 6) is -0.100. The Morgan fingerprint density at radius 2 is 1.80 bits per heavy atom. The highest BCUT2D eigenvalue weighted by molar-refractivity contribution is 7.22. The first kappa shape index (κ1) is 20.7. The number of ether oxygens (including phenoxy) is 1. The molecule has 1 aliphatic rings. The SMILES string of the molecule is CC(=O)c1ccc(C(=O)N(CC[NH+]2CCOCC2)c2nc3ccc(C)cc3s2)cc1. The zero-order chi connectivity index (χ0) is 21.1. The number of carbonyl (C=O) groups is 2. The molecule has 0 aliphatic carbocycles. The fourth-order valence-corrected chi connectivity index (χ4v) is 4.69. The molecule has 0 saturated carbocycles. The van der Waals surface area contributed by atoms with Gasteiger partial charge in [0.25, 0.3) is 5.91 Å². The van der Waals surface area contributed by atoms with Gasteiger partial charge in [0.2, 0.25) is 0 Å². The summed E-state index contributed by atoms with van der Waals surface area (Å²) in [6, 6.07) is 13.0. The van der Waals surface area contributed by atoms with E-state index in [0.717, 1.165) is 43.1 Å². The Hall–Kier alpha value is -2.61. The molecule has 7 heteroatoms. The maximum Gasteiger partial charge on any atom is 0.260 e. The fourth-order valence-electron chi connectivity index (χ4n) is 3.60. The molecule has 0 radical (unpaired) electrons. The first-order valence-electron chi connectivity index (χ1n) is 10.2. The zero-order valence-corrected chi connectivity index (χ0v) is 18.1. The van der Waals surface area contributed by atoms with Crippen LogP contribution in [0.15, 0.2) is 42.5 Å². The van der Waals surface area contributed by atoms with E-state index in [1.807, 2.05) is 12.1 Å². The lowest BCUT2D eigenvalue weighted by atomic mass is 10.1. The first-order chi connectivity index (χ1) is 14.5. The third-order valence-electron chi connectivity index (χ3n) is 5.44. The lowest BCUT2D eigenvalue weighted by Crippen LogP contribution is -3.14. The lowest BCUT2D eigenvalue weighted by molar-refractivity contribution is -0.906. The molecule has 30 heavy (non-hydrogen) atoms. The van der Waals surface area contributed by atoms with Gasteiger partial charge in [-0.25, -0.2) is 4.98 Å². The Kier molecular flexibility index (Phi) is 6.22. The third kappa shape index (κ3) is 4.59. The Morgan fingerprint density at radius 1 is 1.10 bits per heavy atom. The van der Waals surface area contributed by atoms with Crippen LogP contribution in [0, 0.1) is 6.92 Å². The predicted molar refractivity (Wildman–Crippen MR) is 119 cm³/mol. The van der Waals surface area contributed by atoms with Crippen molar-refractivity contribution in [2.75, 3.05) is 44.3 Å². The zero-order valence-electron chi connectivity index (χ0n) is 17.3. The number of benzene rings is 2. The number of amides is 1. The van der Waals surface area contributed by atoms with Gasteiger partial charge in [-0.05, 0) is 43.7 Å². The molecule has 0 bridgehead atoms. The predicted octanol–water partition coefficient (Wildman–Crippen LogP) is 2.37. The number of Topliss-reactive ketones (excluding diaryl/α,β-unsaturated/α-hetero) is 1. The van der Waals surface area contributed by atoms with Crippen LogP contribution in [0.3, 0.4) is 0 Å². The van der Waals surface area contributed by atoms with Crippen LogP contribution >= 0.6 is 11.3 Å². The van der Waals surface area contributed by atoms with Gasteiger partial charge in [0.1, 0.15) is 13.1 Å². The Labute approximate surface area is 180 Å². The van der Waals surface area contributed by atoms with Gasteiger partial charge in [0, 0.05) is 11.1 Å². The van der Waals surface area contributed by atoms with E-state index in [1.54, 1.807) is 40.5 Å². The minimum Gasteiger partial charge on any atom is -0.370 e. The number of morpholine rings is 1. The maximum atomic E-state index is 13.4. The van der Waals surface area contributed by atoms with Crippen molar-refractivity contribution in [1.82, 2.24) is 4.98 Å². The summed E-state index contributed by atoms with van der Waals surface area (Å²) in [4.78, 5) is 32.9. The number of carbonyl (C=O) groups excluding carboxylic acids is 2. The van der Waals surface area contributed by atoms with Crippen LogP contribution in [0.2, 0.25) is 0 Å². The highest BCUT2D eigenvalue weighted by atomic mass is 32.1. The van der Waals surface area contributed by atoms with Crippen molar-refractivity contribution in [2.45, 2.75) is 13.8 Å². The van der Waals surface area contributed by atoms with E-state index in [9.17, 15) is 9.59 Å². The Morgan fingerprint density at radius 3 is 2.50 bits per heavy atom. The Balaban J connectivity index is 1.62. The van der Waals surface area contributed by atoms with Crippen LogP contribution in [0.5, 0.6) is 0 Å². The minimum atomic E-state index is -0.0893. The highest BCUT2D eigenvalue weighted by Gasteiger charge is 2.24. The number of rotatable bonds is 6. The van der Waals surface area contributed by atoms with Crippen molar-refractivity contribution in [1.29, 1.82) is 0 Å². The molecule has 1 aromatic heterocycles. The molecule has 1 N–H and O–H groups in total. The van der Waals surface area contributed by atoms with Crippen LogP contribution in [0.1, 0.15) is 33.2 Å². The van der Waals surface area contributed by atoms with Gasteiger partial charge in [-0.3, -0.25) is 14.5 Å². The average Bonchev–Trinajstić information content (AvgIpc) is 3.17. The second kappa shape index (κ2) is 9.04. The number of nitrogens with one attached hydrogen (secondary N) is 1. The number of fused-ring (bicyclic) bond motifs is 1. The van der Waals surface area contributed by atoms with Crippen LogP contribution < -0.4 is 9.80 Å². The molecule has 1 amide bonds. The normalized spacial score (nSPS) is 14.7. The molecule has 6 nitrogen and oxygen atoms in total. The van der Waals surface area contributed by atoms with Gasteiger partial charge < -0.3 is 9.64 Å². The van der Waals surface area contributed by atoms with Crippen LogP contribution in [0.25, 0.3) is 10.2 Å². The van der Waals surface area contributed by atoms with Gasteiger partial charge in [0.05, 0.1) is 36.5 Å². The first-order valence-corrected chi connectivity index (χ1v) is 11.0. The molecule has 3 aromatic rings. The van der Waals surface area contributed by atoms with Gasteiger partial charge in [-0.2, -0.15) is 0 Å². The van der Waals surface area contributed by atoms with Crippen LogP contribution in [-0.2, 0) is 4.74 Å². The summed E-state index contributed by atoms with van der Waals surface area (Å²) in [7, 11) is 0. The van der Waals surface area contributed by atoms with Crippen molar-refractivity contribution >= 4 is 38.4 Å². The van der Waals surface area contributed by atoms with E-state index in [4.69, 9.17) is 9.72 Å². The van der Waals surface area contributed by atoms with Crippen molar-refractivity contribution in [3.05, 3.63) is 59.2 Å². The van der Waals surface area contributed by atoms with E-state index in [-0.39, 0.29) is 11.7 Å². The number of quaternary nitrogens is 1. The van der Waals surface area contributed by atoms with Crippen molar-refractivity contribution < 1.29 is 19.2 Å². The largest absolute Gasteiger partial charge is 0.370 e. The molecule has 0 atom stereocenters. The average molecular weight is 425 g/mol. The molecule has 0 unspecified atom stereocenters. The van der Waals surface area contributed by atoms with Crippen LogP contribution in [0.4, 0.5) is 5.13 Å². The van der Waals surface area contributed by atoms with Gasteiger partial charge in [0.15, 0.2) is 10.9 Å². The number of anilines is 1. The number of nitrogens with zero attached hydrogens (tertiary/aromatic N) is 2. The Bertz CT molecular complexity index is 1060. The molecular formula is C23H26N3O3S+. The molecular weight excluding hydrogens is 398 g/mol. The second-order valence-electron chi connectivity index (χ2n) is 7.67. The van der Waals surface area contributed by atoms with Gasteiger partial charge >= 0.3 is 0 Å². The number of hydrogen-bond donors (Lipinski definition) is 1. The minimum absolute atomic E-state index is 0.0108. The van der Waals surface area contributed by atoms with Crippen LogP contribution in [-0.4, -0.2) is 56.1 Å². The standard InChI is InChI=1S/C23H25N3O3S/c1-16-3-8-20-21(15-16)30-23(24-20)26(10-9-25-11-13-29-14-12-25)22(28)19-6-4-18(5-7-19)17(2)27/h3-8,15H,9-14H2,1-2H3/p+1. The smallest absolute Gasteiger partial charge is 0.260 e. The van der Waals surface area contributed by atoms with E-state index in [0.29, 0.717) is 22.8 Å². The maximum absolute atomic E-state index is 13.4. The lowest BCUT2D eigenvalue weighted by Gasteiger charge is -2.27. The molecule has 0 spiro atoms. The number of aromatic nitrogens is 1. The van der Waals surface area contributed by atoms with Gasteiger partial charge in [-0.15, -0.1) is 0 Å². The summed E-state index contributed by atoms with van der Waals surface area (Å²) >= 11 is 1.54. The number of thiazole rings is 1. The summed E-state index contributed by atoms with van der Waals surface area (Å²) in [6.07, 6.45) is 0. The summed E-state index contributed by atoms with van der Waals surface area (Å²) in [5.41, 5.74) is 3.25. The molecule has 2 aromatic carbocycles. The second-order valence-corrected chi connectivity index (χ2v) is 8.68. The molecule has 4 rings (SSSR count). The number of hydrogen-bond acceptors (Lipinski definition) is 5. The molecule has 1 saturated heterocycles. The summed E-state index contributed by atoms with van der Waals surface area (Å²) in [5, 5.41) is 0.712. The van der Waals surface area contributed by atoms with Crippen molar-refractivity contribution in [2.24, 2.45) is 0 Å². The topological polar surface area (TPSA) is 63.9 Å². The van der Waals surface area contributed by atoms with E-state index in [1.165, 1.54) is 17.4 Å². The summed E-state index contributed by atoms with van der Waals surface area (Å²) < 4.78 is 6.53. The fraction of sp³-hybridized carbons (Fsp3) is 0.348. The molecule has 156 valence electrons. The summed E-state index contributed by atoms with van der Waals surface area (Å²) in [6.45, 7) is 8.43. The monoisotopic (exact) mass is 424 g/mol. The number of aryl methyl sites for hydroxylation is 1. The molecule has 2 heterocycles. The quantitative estimate of drug-likeness (QED) is 0.617. The van der Waals surface area contributed by atoms with Crippen molar-refractivity contribution in [3.63, 3.8) is 0 Å². The molecule has 1 fully saturated rings. The molecule has 1 aliphatic heterocycles. The van der Waals surface area contributed by atoms with E-state index < -0.39 is 0 Å². The third-order valence-corrected chi connectivity index (χ3v) is 6.48.